The number of amides is 1. The Labute approximate surface area is 180 Å². The predicted molar refractivity (Wildman–Crippen MR) is 124 cm³/mol. The van der Waals surface area contributed by atoms with E-state index in [1.807, 2.05) is 48.3 Å². The Balaban J connectivity index is 1.40. The molecule has 0 spiro atoms. The van der Waals surface area contributed by atoms with E-state index in [4.69, 9.17) is 0 Å². The van der Waals surface area contributed by atoms with E-state index in [2.05, 4.69) is 53.4 Å². The third-order valence-electron chi connectivity index (χ3n) is 6.07. The number of fused-ring (bicyclic) bond motifs is 1. The number of anilines is 1. The highest BCUT2D eigenvalue weighted by molar-refractivity contribution is 5.81. The summed E-state index contributed by atoms with van der Waals surface area (Å²) >= 11 is 0. The average molecular weight is 399 g/mol. The zero-order chi connectivity index (χ0) is 20.8. The molecular formula is C27H30N2O. The second kappa shape index (κ2) is 9.62. The molecule has 3 aromatic carbocycles. The first-order valence-electron chi connectivity index (χ1n) is 10.8. The quantitative estimate of drug-likeness (QED) is 0.562. The first-order chi connectivity index (χ1) is 14.7. The van der Waals surface area contributed by atoms with Crippen LogP contribution in [-0.4, -0.2) is 30.9 Å². The molecule has 1 amide bonds. The van der Waals surface area contributed by atoms with Gasteiger partial charge in [-0.25, -0.2) is 0 Å². The largest absolute Gasteiger partial charge is 0.358 e. The van der Waals surface area contributed by atoms with Crippen LogP contribution < -0.4 is 4.90 Å². The first kappa shape index (κ1) is 20.2. The molecule has 154 valence electrons. The van der Waals surface area contributed by atoms with Crippen molar-refractivity contribution in [2.75, 3.05) is 25.0 Å². The number of carbonyl (C=O) groups excluding carboxylic acids is 1. The first-order valence-corrected chi connectivity index (χ1v) is 10.8. The molecule has 1 aliphatic rings. The van der Waals surface area contributed by atoms with Crippen molar-refractivity contribution in [3.8, 4) is 0 Å². The Morgan fingerprint density at radius 3 is 2.23 bits per heavy atom. The maximum Gasteiger partial charge on any atom is 0.241 e. The third kappa shape index (κ3) is 5.10. The lowest BCUT2D eigenvalue weighted by atomic mass is 9.84. The van der Waals surface area contributed by atoms with Crippen LogP contribution in [0.25, 0.3) is 0 Å². The summed E-state index contributed by atoms with van der Waals surface area (Å²) in [7, 11) is 1.95. The zero-order valence-corrected chi connectivity index (χ0v) is 17.7. The van der Waals surface area contributed by atoms with Gasteiger partial charge in [-0.3, -0.25) is 4.79 Å². The molecule has 0 aromatic heterocycles. The average Bonchev–Trinajstić information content (AvgIpc) is 2.80. The Morgan fingerprint density at radius 1 is 0.867 bits per heavy atom. The van der Waals surface area contributed by atoms with E-state index >= 15 is 0 Å². The highest BCUT2D eigenvalue weighted by atomic mass is 16.2. The van der Waals surface area contributed by atoms with Crippen LogP contribution in [0.5, 0.6) is 0 Å². The van der Waals surface area contributed by atoms with E-state index < -0.39 is 0 Å². The van der Waals surface area contributed by atoms with Crippen molar-refractivity contribution in [2.45, 2.75) is 25.8 Å². The Hall–Kier alpha value is -3.07. The highest BCUT2D eigenvalue weighted by Crippen LogP contribution is 2.26. The van der Waals surface area contributed by atoms with E-state index in [-0.39, 0.29) is 5.91 Å². The molecular weight excluding hydrogens is 368 g/mol. The molecule has 0 fully saturated rings. The smallest absolute Gasteiger partial charge is 0.241 e. The molecule has 3 heteroatoms. The number of carbonyl (C=O) groups is 1. The van der Waals surface area contributed by atoms with Gasteiger partial charge in [0.1, 0.15) is 0 Å². The normalized spacial score (nSPS) is 15.3. The minimum Gasteiger partial charge on any atom is -0.358 e. The van der Waals surface area contributed by atoms with Crippen LogP contribution in [0.4, 0.5) is 5.69 Å². The number of para-hydroxylation sites is 1. The van der Waals surface area contributed by atoms with Crippen LogP contribution in [0.3, 0.4) is 0 Å². The van der Waals surface area contributed by atoms with Gasteiger partial charge in [-0.15, -0.1) is 0 Å². The lowest BCUT2D eigenvalue weighted by Gasteiger charge is -2.31. The second-order valence-electron chi connectivity index (χ2n) is 8.33. The molecule has 3 aromatic rings. The van der Waals surface area contributed by atoms with Crippen molar-refractivity contribution in [3.05, 3.63) is 102 Å². The van der Waals surface area contributed by atoms with Crippen LogP contribution >= 0.6 is 0 Å². The lowest BCUT2D eigenvalue weighted by molar-refractivity contribution is -0.129. The van der Waals surface area contributed by atoms with E-state index in [1.165, 1.54) is 16.7 Å². The Morgan fingerprint density at radius 2 is 1.50 bits per heavy atom. The molecule has 0 saturated heterocycles. The van der Waals surface area contributed by atoms with E-state index in [1.54, 1.807) is 0 Å². The SMILES string of the molecule is CN(CC1CCc2ccccc2C1)C(=O)CN(Cc1ccccc1)c1ccccc1. The highest BCUT2D eigenvalue weighted by Gasteiger charge is 2.22. The van der Waals surface area contributed by atoms with E-state index in [0.717, 1.165) is 38.0 Å². The summed E-state index contributed by atoms with van der Waals surface area (Å²) in [5.74, 6) is 0.710. The minimum atomic E-state index is 0.175. The molecule has 0 radical (unpaired) electrons. The summed E-state index contributed by atoms with van der Waals surface area (Å²) in [5.41, 5.74) is 5.21. The number of rotatable bonds is 7. The molecule has 1 atom stereocenters. The molecule has 1 unspecified atom stereocenters. The summed E-state index contributed by atoms with van der Waals surface area (Å²) < 4.78 is 0. The molecule has 0 aliphatic heterocycles. The van der Waals surface area contributed by atoms with Crippen LogP contribution in [0, 0.1) is 5.92 Å². The molecule has 0 bridgehead atoms. The molecule has 0 saturated carbocycles. The molecule has 4 rings (SSSR count). The van der Waals surface area contributed by atoms with Crippen molar-refractivity contribution in [1.29, 1.82) is 0 Å². The minimum absolute atomic E-state index is 0.175. The maximum absolute atomic E-state index is 13.1. The molecule has 0 heterocycles. The third-order valence-corrected chi connectivity index (χ3v) is 6.07. The van der Waals surface area contributed by atoms with Gasteiger partial charge in [0.15, 0.2) is 0 Å². The lowest BCUT2D eigenvalue weighted by Crippen LogP contribution is -2.41. The molecule has 0 N–H and O–H groups in total. The fourth-order valence-corrected chi connectivity index (χ4v) is 4.38. The van der Waals surface area contributed by atoms with Gasteiger partial charge in [0.05, 0.1) is 6.54 Å². The van der Waals surface area contributed by atoms with Gasteiger partial charge < -0.3 is 9.80 Å². The fraction of sp³-hybridized carbons (Fsp3) is 0.296. The number of benzene rings is 3. The fourth-order valence-electron chi connectivity index (χ4n) is 4.38. The van der Waals surface area contributed by atoms with Crippen molar-refractivity contribution in [1.82, 2.24) is 4.90 Å². The van der Waals surface area contributed by atoms with Gasteiger partial charge in [-0.05, 0) is 54.0 Å². The molecule has 3 nitrogen and oxygen atoms in total. The van der Waals surface area contributed by atoms with Gasteiger partial charge in [-0.2, -0.15) is 0 Å². The number of hydrogen-bond acceptors (Lipinski definition) is 2. The van der Waals surface area contributed by atoms with Gasteiger partial charge in [0, 0.05) is 25.8 Å². The van der Waals surface area contributed by atoms with Gasteiger partial charge in [-0.1, -0.05) is 72.8 Å². The number of aryl methyl sites for hydroxylation is 1. The van der Waals surface area contributed by atoms with Crippen LogP contribution in [-0.2, 0) is 24.2 Å². The zero-order valence-electron chi connectivity index (χ0n) is 17.7. The van der Waals surface area contributed by atoms with Crippen LogP contribution in [0.15, 0.2) is 84.9 Å². The standard InChI is InChI=1S/C27H30N2O/c1-28(19-23-16-17-24-12-8-9-13-25(24)18-23)27(30)21-29(26-14-6-3-7-15-26)20-22-10-4-2-5-11-22/h2-15,23H,16-21H2,1H3. The molecule has 30 heavy (non-hydrogen) atoms. The Bertz CT molecular complexity index is 955. The number of hydrogen-bond donors (Lipinski definition) is 0. The topological polar surface area (TPSA) is 23.6 Å². The summed E-state index contributed by atoms with van der Waals surface area (Å²) in [6.07, 6.45) is 3.34. The van der Waals surface area contributed by atoms with E-state index in [0.29, 0.717) is 12.5 Å². The van der Waals surface area contributed by atoms with E-state index in [9.17, 15) is 4.79 Å². The monoisotopic (exact) mass is 398 g/mol. The summed E-state index contributed by atoms with van der Waals surface area (Å²) in [4.78, 5) is 17.2. The summed E-state index contributed by atoms with van der Waals surface area (Å²) in [6.45, 7) is 1.93. The Kier molecular flexibility index (Phi) is 6.48. The second-order valence-corrected chi connectivity index (χ2v) is 8.33. The van der Waals surface area contributed by atoms with Gasteiger partial charge >= 0.3 is 0 Å². The number of nitrogens with zero attached hydrogens (tertiary/aromatic N) is 2. The van der Waals surface area contributed by atoms with Crippen molar-refractivity contribution in [3.63, 3.8) is 0 Å². The van der Waals surface area contributed by atoms with Gasteiger partial charge in [0.2, 0.25) is 5.91 Å². The maximum atomic E-state index is 13.1. The van der Waals surface area contributed by atoms with Crippen molar-refractivity contribution >= 4 is 11.6 Å². The summed E-state index contributed by atoms with van der Waals surface area (Å²) in [5, 5.41) is 0. The van der Waals surface area contributed by atoms with Crippen molar-refractivity contribution < 1.29 is 4.79 Å². The summed E-state index contributed by atoms with van der Waals surface area (Å²) in [6, 6.07) is 29.3. The predicted octanol–water partition coefficient (Wildman–Crippen LogP) is 4.96. The number of likely N-dealkylation sites (N-methyl/N-ethyl adjacent to an activating group) is 1. The molecule has 1 aliphatic carbocycles. The van der Waals surface area contributed by atoms with Crippen LogP contribution in [0.2, 0.25) is 0 Å². The van der Waals surface area contributed by atoms with Crippen molar-refractivity contribution in [2.24, 2.45) is 5.92 Å². The van der Waals surface area contributed by atoms with Gasteiger partial charge in [0.25, 0.3) is 0 Å². The van der Waals surface area contributed by atoms with Crippen LogP contribution in [0.1, 0.15) is 23.1 Å².